The lowest BCUT2D eigenvalue weighted by Gasteiger charge is -2.37. The number of pyridine rings is 1. The maximum atomic E-state index is 12.7. The van der Waals surface area contributed by atoms with E-state index in [9.17, 15) is 18.0 Å². The lowest BCUT2D eigenvalue weighted by Crippen LogP contribution is -2.49. The lowest BCUT2D eigenvalue weighted by atomic mass is 9.94. The lowest BCUT2D eigenvalue weighted by molar-refractivity contribution is -0.138. The number of anilines is 1. The van der Waals surface area contributed by atoms with Gasteiger partial charge in [-0.1, -0.05) is 11.6 Å². The fourth-order valence-corrected chi connectivity index (χ4v) is 3.91. The van der Waals surface area contributed by atoms with Crippen molar-refractivity contribution in [3.63, 3.8) is 0 Å². The summed E-state index contributed by atoms with van der Waals surface area (Å²) in [6.07, 6.45) is -0.540. The van der Waals surface area contributed by atoms with Gasteiger partial charge in [-0.25, -0.2) is 4.98 Å². The number of carbonyl (C=O) groups excluding carboxylic acids is 1. The SMILES string of the molecule is NC1CCCN(C(=O)C2CCN(c3ncc(C(F)(F)F)cc3Cl)CC2)C1. The summed E-state index contributed by atoms with van der Waals surface area (Å²) in [5, 5.41) is -0.0217. The summed E-state index contributed by atoms with van der Waals surface area (Å²) in [5.41, 5.74) is 5.08. The summed E-state index contributed by atoms with van der Waals surface area (Å²) in [7, 11) is 0. The Morgan fingerprint density at radius 1 is 1.23 bits per heavy atom. The highest BCUT2D eigenvalue weighted by molar-refractivity contribution is 6.33. The Labute approximate surface area is 155 Å². The monoisotopic (exact) mass is 390 g/mol. The molecule has 0 radical (unpaired) electrons. The zero-order valence-corrected chi connectivity index (χ0v) is 15.1. The first kappa shape index (κ1) is 19.2. The molecule has 0 saturated carbocycles. The Bertz CT molecular complexity index is 662. The molecule has 0 spiro atoms. The number of amides is 1. The van der Waals surface area contributed by atoms with E-state index in [0.29, 0.717) is 38.3 Å². The third kappa shape index (κ3) is 4.23. The topological polar surface area (TPSA) is 62.5 Å². The van der Waals surface area contributed by atoms with E-state index in [1.54, 1.807) is 0 Å². The summed E-state index contributed by atoms with van der Waals surface area (Å²) in [5.74, 6) is 0.390. The normalized spacial score (nSPS) is 22.6. The molecule has 2 N–H and O–H groups in total. The smallest absolute Gasteiger partial charge is 0.355 e. The van der Waals surface area contributed by atoms with Crippen LogP contribution in [0.1, 0.15) is 31.2 Å². The van der Waals surface area contributed by atoms with Crippen LogP contribution in [0.2, 0.25) is 5.02 Å². The zero-order chi connectivity index (χ0) is 18.9. The standard InChI is InChI=1S/C17H22ClF3N4O/c18-14-8-12(17(19,20)21)9-23-15(14)24-6-3-11(4-7-24)16(26)25-5-1-2-13(22)10-25/h8-9,11,13H,1-7,10,22H2. The van der Waals surface area contributed by atoms with E-state index in [4.69, 9.17) is 17.3 Å². The van der Waals surface area contributed by atoms with Crippen LogP contribution in [0.15, 0.2) is 12.3 Å². The third-order valence-corrected chi connectivity index (χ3v) is 5.34. The zero-order valence-electron chi connectivity index (χ0n) is 14.3. The highest BCUT2D eigenvalue weighted by Crippen LogP contribution is 2.34. The van der Waals surface area contributed by atoms with Crippen molar-refractivity contribution in [2.24, 2.45) is 11.7 Å². The number of halogens is 4. The number of alkyl halides is 3. The Hall–Kier alpha value is -1.54. The van der Waals surface area contributed by atoms with Gasteiger partial charge in [-0.15, -0.1) is 0 Å². The fraction of sp³-hybridized carbons (Fsp3) is 0.647. The molecule has 2 saturated heterocycles. The van der Waals surface area contributed by atoms with E-state index in [0.717, 1.165) is 31.6 Å². The van der Waals surface area contributed by atoms with Crippen molar-refractivity contribution < 1.29 is 18.0 Å². The number of rotatable bonds is 2. The van der Waals surface area contributed by atoms with Gasteiger partial charge in [-0.2, -0.15) is 13.2 Å². The number of nitrogens with two attached hydrogens (primary N) is 1. The Morgan fingerprint density at radius 3 is 2.50 bits per heavy atom. The summed E-state index contributed by atoms with van der Waals surface area (Å²) in [4.78, 5) is 20.2. The highest BCUT2D eigenvalue weighted by atomic mass is 35.5. The second kappa shape index (κ2) is 7.60. The summed E-state index contributed by atoms with van der Waals surface area (Å²) >= 11 is 6.01. The van der Waals surface area contributed by atoms with Crippen LogP contribution in [-0.4, -0.2) is 48.0 Å². The highest BCUT2D eigenvalue weighted by Gasteiger charge is 2.34. The van der Waals surface area contributed by atoms with Gasteiger partial charge in [0.15, 0.2) is 0 Å². The number of aromatic nitrogens is 1. The first-order valence-corrected chi connectivity index (χ1v) is 9.15. The first-order valence-electron chi connectivity index (χ1n) is 8.78. The van der Waals surface area contributed by atoms with Crippen LogP contribution in [0.3, 0.4) is 0 Å². The predicted octanol–water partition coefficient (Wildman–Crippen LogP) is 2.92. The Morgan fingerprint density at radius 2 is 1.92 bits per heavy atom. The van der Waals surface area contributed by atoms with Crippen LogP contribution in [0, 0.1) is 5.92 Å². The minimum atomic E-state index is -4.47. The van der Waals surface area contributed by atoms with Crippen LogP contribution in [0.25, 0.3) is 0 Å². The minimum absolute atomic E-state index is 0.0217. The Balaban J connectivity index is 1.61. The van der Waals surface area contributed by atoms with Gasteiger partial charge in [0.2, 0.25) is 5.91 Å². The van der Waals surface area contributed by atoms with Gasteiger partial charge in [0.05, 0.1) is 10.6 Å². The molecule has 1 amide bonds. The molecule has 1 atom stereocenters. The molecule has 2 aliphatic rings. The molecular formula is C17H22ClF3N4O. The molecule has 0 bridgehead atoms. The maximum Gasteiger partial charge on any atom is 0.417 e. The van der Waals surface area contributed by atoms with E-state index in [2.05, 4.69) is 4.98 Å². The maximum absolute atomic E-state index is 12.7. The van der Waals surface area contributed by atoms with Gasteiger partial charge < -0.3 is 15.5 Å². The van der Waals surface area contributed by atoms with E-state index in [-0.39, 0.29) is 22.9 Å². The largest absolute Gasteiger partial charge is 0.417 e. The first-order chi connectivity index (χ1) is 12.3. The van der Waals surface area contributed by atoms with Gasteiger partial charge >= 0.3 is 6.18 Å². The molecule has 26 heavy (non-hydrogen) atoms. The number of hydrogen-bond donors (Lipinski definition) is 1. The van der Waals surface area contributed by atoms with Gasteiger partial charge in [0, 0.05) is 44.3 Å². The molecule has 0 aromatic carbocycles. The number of likely N-dealkylation sites (tertiary alicyclic amines) is 1. The fourth-order valence-electron chi connectivity index (χ4n) is 3.63. The molecule has 2 aliphatic heterocycles. The minimum Gasteiger partial charge on any atom is -0.355 e. The number of piperidine rings is 2. The van der Waals surface area contributed by atoms with Crippen molar-refractivity contribution in [2.45, 2.75) is 37.9 Å². The van der Waals surface area contributed by atoms with Crippen molar-refractivity contribution in [3.8, 4) is 0 Å². The molecule has 1 aromatic heterocycles. The van der Waals surface area contributed by atoms with Gasteiger partial charge in [-0.05, 0) is 31.7 Å². The molecular weight excluding hydrogens is 369 g/mol. The van der Waals surface area contributed by atoms with Crippen molar-refractivity contribution in [3.05, 3.63) is 22.8 Å². The second-order valence-corrected chi connectivity index (χ2v) is 7.38. The van der Waals surface area contributed by atoms with Crippen LogP contribution in [-0.2, 0) is 11.0 Å². The molecule has 2 fully saturated rings. The van der Waals surface area contributed by atoms with E-state index in [1.165, 1.54) is 0 Å². The molecule has 3 heterocycles. The molecule has 3 rings (SSSR count). The summed E-state index contributed by atoms with van der Waals surface area (Å²) < 4.78 is 38.2. The van der Waals surface area contributed by atoms with Gasteiger partial charge in [0.1, 0.15) is 5.82 Å². The third-order valence-electron chi connectivity index (χ3n) is 5.06. The summed E-state index contributed by atoms with van der Waals surface area (Å²) in [6, 6.07) is 0.943. The molecule has 9 heteroatoms. The van der Waals surface area contributed by atoms with Crippen molar-refractivity contribution in [1.82, 2.24) is 9.88 Å². The van der Waals surface area contributed by atoms with E-state index < -0.39 is 11.7 Å². The van der Waals surface area contributed by atoms with Crippen molar-refractivity contribution in [2.75, 3.05) is 31.1 Å². The van der Waals surface area contributed by atoms with Crippen LogP contribution >= 0.6 is 11.6 Å². The number of hydrogen-bond acceptors (Lipinski definition) is 4. The van der Waals surface area contributed by atoms with Gasteiger partial charge in [0.25, 0.3) is 0 Å². The van der Waals surface area contributed by atoms with Crippen molar-refractivity contribution in [1.29, 1.82) is 0 Å². The van der Waals surface area contributed by atoms with Crippen LogP contribution < -0.4 is 10.6 Å². The van der Waals surface area contributed by atoms with Crippen molar-refractivity contribution >= 4 is 23.3 Å². The molecule has 0 aliphatic carbocycles. The molecule has 1 unspecified atom stereocenters. The van der Waals surface area contributed by atoms with Crippen LogP contribution in [0.5, 0.6) is 0 Å². The summed E-state index contributed by atoms with van der Waals surface area (Å²) in [6.45, 7) is 2.42. The average Bonchev–Trinajstić information content (AvgIpc) is 2.60. The van der Waals surface area contributed by atoms with E-state index >= 15 is 0 Å². The predicted molar refractivity (Wildman–Crippen MR) is 93.0 cm³/mol. The molecule has 1 aromatic rings. The van der Waals surface area contributed by atoms with Gasteiger partial charge in [-0.3, -0.25) is 4.79 Å². The number of nitrogens with zero attached hydrogens (tertiary/aromatic N) is 3. The molecule has 144 valence electrons. The quantitative estimate of drug-likeness (QED) is 0.843. The van der Waals surface area contributed by atoms with E-state index in [1.807, 2.05) is 9.80 Å². The molecule has 5 nitrogen and oxygen atoms in total. The second-order valence-electron chi connectivity index (χ2n) is 6.98. The van der Waals surface area contributed by atoms with Crippen LogP contribution in [0.4, 0.5) is 19.0 Å². The Kier molecular flexibility index (Phi) is 5.62. The number of carbonyl (C=O) groups is 1. The average molecular weight is 391 g/mol.